The fraction of sp³-hybridized carbons (Fsp3) is 0.667. The standard InChI is InChI=1S/C12H19ClS/c1-3-6-12(2,10-13)7-4-11-5-8-14-9-11/h5,8-9H,3-4,6-7,10H2,1-2H3. The third-order valence-electron chi connectivity index (χ3n) is 2.77. The minimum atomic E-state index is 0.332. The molecule has 1 aromatic heterocycles. The predicted octanol–water partition coefficient (Wildman–Crippen LogP) is 4.73. The number of alkyl halides is 1. The largest absolute Gasteiger partial charge is 0.152 e. The second kappa shape index (κ2) is 5.77. The smallest absolute Gasteiger partial charge is 0.0277 e. The minimum Gasteiger partial charge on any atom is -0.152 e. The number of thiophene rings is 1. The molecule has 0 bridgehead atoms. The molecule has 0 aromatic carbocycles. The Kier molecular flexibility index (Phi) is 4.97. The highest BCUT2D eigenvalue weighted by molar-refractivity contribution is 7.07. The van der Waals surface area contributed by atoms with E-state index in [1.807, 2.05) is 0 Å². The molecule has 0 saturated heterocycles. The van der Waals surface area contributed by atoms with Gasteiger partial charge in [0.25, 0.3) is 0 Å². The van der Waals surface area contributed by atoms with Crippen molar-refractivity contribution < 1.29 is 0 Å². The Bertz CT molecular complexity index is 243. The zero-order valence-electron chi connectivity index (χ0n) is 9.05. The molecule has 0 spiro atoms. The number of hydrogen-bond donors (Lipinski definition) is 0. The first-order chi connectivity index (χ1) is 6.70. The van der Waals surface area contributed by atoms with Crippen molar-refractivity contribution in [2.75, 3.05) is 5.88 Å². The molecule has 0 fully saturated rings. The summed E-state index contributed by atoms with van der Waals surface area (Å²) in [6.07, 6.45) is 4.85. The Labute approximate surface area is 96.3 Å². The predicted molar refractivity (Wildman–Crippen MR) is 66.4 cm³/mol. The van der Waals surface area contributed by atoms with E-state index in [9.17, 15) is 0 Å². The lowest BCUT2D eigenvalue weighted by Gasteiger charge is -2.26. The van der Waals surface area contributed by atoms with Crippen molar-refractivity contribution in [2.45, 2.75) is 39.5 Å². The van der Waals surface area contributed by atoms with Crippen molar-refractivity contribution in [2.24, 2.45) is 5.41 Å². The van der Waals surface area contributed by atoms with Crippen LogP contribution in [0.4, 0.5) is 0 Å². The number of hydrogen-bond acceptors (Lipinski definition) is 1. The number of halogens is 1. The molecular weight excluding hydrogens is 212 g/mol. The zero-order valence-corrected chi connectivity index (χ0v) is 10.6. The fourth-order valence-electron chi connectivity index (χ4n) is 1.74. The van der Waals surface area contributed by atoms with Gasteiger partial charge in [0.15, 0.2) is 0 Å². The minimum absolute atomic E-state index is 0.332. The molecule has 1 rings (SSSR count). The number of rotatable bonds is 6. The highest BCUT2D eigenvalue weighted by Gasteiger charge is 2.21. The Morgan fingerprint density at radius 3 is 2.71 bits per heavy atom. The molecule has 0 aliphatic rings. The van der Waals surface area contributed by atoms with E-state index in [0.717, 1.165) is 5.88 Å². The molecule has 80 valence electrons. The van der Waals surface area contributed by atoms with Crippen LogP contribution in [-0.2, 0) is 6.42 Å². The van der Waals surface area contributed by atoms with Gasteiger partial charge in [-0.15, -0.1) is 11.6 Å². The molecule has 0 radical (unpaired) electrons. The van der Waals surface area contributed by atoms with Crippen molar-refractivity contribution in [3.05, 3.63) is 22.4 Å². The van der Waals surface area contributed by atoms with Gasteiger partial charge in [0, 0.05) is 5.88 Å². The van der Waals surface area contributed by atoms with E-state index in [1.165, 1.54) is 31.2 Å². The topological polar surface area (TPSA) is 0 Å². The molecule has 0 amide bonds. The SMILES string of the molecule is CCCC(C)(CCl)CCc1ccsc1. The van der Waals surface area contributed by atoms with Crippen molar-refractivity contribution in [1.29, 1.82) is 0 Å². The Hall–Kier alpha value is -0.0100. The van der Waals surface area contributed by atoms with E-state index in [2.05, 4.69) is 30.7 Å². The molecular formula is C12H19ClS. The van der Waals surface area contributed by atoms with E-state index in [1.54, 1.807) is 11.3 Å². The average Bonchev–Trinajstić information content (AvgIpc) is 2.68. The van der Waals surface area contributed by atoms with Crippen LogP contribution >= 0.6 is 22.9 Å². The van der Waals surface area contributed by atoms with Crippen molar-refractivity contribution in [3.63, 3.8) is 0 Å². The van der Waals surface area contributed by atoms with E-state index < -0.39 is 0 Å². The molecule has 1 aromatic rings. The molecule has 0 nitrogen and oxygen atoms in total. The van der Waals surface area contributed by atoms with Crippen LogP contribution in [0.1, 0.15) is 38.7 Å². The van der Waals surface area contributed by atoms with Crippen LogP contribution in [-0.4, -0.2) is 5.88 Å². The van der Waals surface area contributed by atoms with Crippen LogP contribution in [0.15, 0.2) is 16.8 Å². The van der Waals surface area contributed by atoms with Crippen molar-refractivity contribution in [1.82, 2.24) is 0 Å². The van der Waals surface area contributed by atoms with E-state index in [4.69, 9.17) is 11.6 Å². The summed E-state index contributed by atoms with van der Waals surface area (Å²) in [5, 5.41) is 4.38. The highest BCUT2D eigenvalue weighted by Crippen LogP contribution is 2.30. The third kappa shape index (κ3) is 3.62. The maximum atomic E-state index is 6.03. The number of aryl methyl sites for hydroxylation is 1. The summed E-state index contributed by atoms with van der Waals surface area (Å²) in [5.41, 5.74) is 1.79. The fourth-order valence-corrected chi connectivity index (χ4v) is 2.71. The molecule has 14 heavy (non-hydrogen) atoms. The summed E-state index contributed by atoms with van der Waals surface area (Å²) in [6.45, 7) is 4.53. The monoisotopic (exact) mass is 230 g/mol. The molecule has 1 atom stereocenters. The molecule has 2 heteroatoms. The van der Waals surface area contributed by atoms with Crippen LogP contribution < -0.4 is 0 Å². The van der Waals surface area contributed by atoms with Gasteiger partial charge >= 0.3 is 0 Å². The van der Waals surface area contributed by atoms with Crippen molar-refractivity contribution >= 4 is 22.9 Å². The zero-order chi connectivity index (χ0) is 10.4. The summed E-state index contributed by atoms with van der Waals surface area (Å²) in [6, 6.07) is 2.21. The summed E-state index contributed by atoms with van der Waals surface area (Å²) < 4.78 is 0. The van der Waals surface area contributed by atoms with Gasteiger partial charge in [0.1, 0.15) is 0 Å². The highest BCUT2D eigenvalue weighted by atomic mass is 35.5. The maximum absolute atomic E-state index is 6.03. The van der Waals surface area contributed by atoms with Crippen LogP contribution in [0.25, 0.3) is 0 Å². The summed E-state index contributed by atoms with van der Waals surface area (Å²) in [7, 11) is 0. The summed E-state index contributed by atoms with van der Waals surface area (Å²) >= 11 is 7.81. The van der Waals surface area contributed by atoms with Gasteiger partial charge in [-0.25, -0.2) is 0 Å². The van der Waals surface area contributed by atoms with Crippen LogP contribution in [0.5, 0.6) is 0 Å². The van der Waals surface area contributed by atoms with E-state index in [0.29, 0.717) is 5.41 Å². The Morgan fingerprint density at radius 1 is 1.43 bits per heavy atom. The van der Waals surface area contributed by atoms with E-state index >= 15 is 0 Å². The third-order valence-corrected chi connectivity index (χ3v) is 4.15. The lowest BCUT2D eigenvalue weighted by molar-refractivity contribution is 0.310. The summed E-state index contributed by atoms with van der Waals surface area (Å²) in [4.78, 5) is 0. The van der Waals surface area contributed by atoms with Gasteiger partial charge in [0.05, 0.1) is 0 Å². The molecule has 0 aliphatic heterocycles. The molecule has 0 aliphatic carbocycles. The van der Waals surface area contributed by atoms with Crippen LogP contribution in [0.3, 0.4) is 0 Å². The molecule has 0 N–H and O–H groups in total. The van der Waals surface area contributed by atoms with Gasteiger partial charge in [0.2, 0.25) is 0 Å². The van der Waals surface area contributed by atoms with Gasteiger partial charge in [-0.05, 0) is 47.1 Å². The first-order valence-electron chi connectivity index (χ1n) is 5.27. The molecule has 1 heterocycles. The van der Waals surface area contributed by atoms with Gasteiger partial charge in [-0.1, -0.05) is 20.3 Å². The molecule has 0 saturated carbocycles. The lowest BCUT2D eigenvalue weighted by Crippen LogP contribution is -2.19. The lowest BCUT2D eigenvalue weighted by atomic mass is 9.82. The van der Waals surface area contributed by atoms with E-state index in [-0.39, 0.29) is 0 Å². The second-order valence-corrected chi connectivity index (χ2v) is 5.37. The summed E-state index contributed by atoms with van der Waals surface area (Å²) in [5.74, 6) is 0.783. The van der Waals surface area contributed by atoms with Crippen LogP contribution in [0.2, 0.25) is 0 Å². The average molecular weight is 231 g/mol. The Morgan fingerprint density at radius 2 is 2.21 bits per heavy atom. The molecule has 1 unspecified atom stereocenters. The maximum Gasteiger partial charge on any atom is 0.0277 e. The first-order valence-corrected chi connectivity index (χ1v) is 6.75. The van der Waals surface area contributed by atoms with Crippen LogP contribution in [0, 0.1) is 5.41 Å². The Balaban J connectivity index is 2.41. The van der Waals surface area contributed by atoms with Gasteiger partial charge in [-0.2, -0.15) is 11.3 Å². The second-order valence-electron chi connectivity index (χ2n) is 4.33. The van der Waals surface area contributed by atoms with Gasteiger partial charge < -0.3 is 0 Å². The quantitative estimate of drug-likeness (QED) is 0.620. The first kappa shape index (κ1) is 12.1. The van der Waals surface area contributed by atoms with Gasteiger partial charge in [-0.3, -0.25) is 0 Å². The van der Waals surface area contributed by atoms with Crippen molar-refractivity contribution in [3.8, 4) is 0 Å². The normalized spacial score (nSPS) is 15.4.